The maximum atomic E-state index is 4.33. The molecule has 0 bridgehead atoms. The fourth-order valence-electron chi connectivity index (χ4n) is 0.115. The second-order valence-electron chi connectivity index (χ2n) is 0.679. The normalized spacial score (nSPS) is 8.83. The van der Waals surface area contributed by atoms with E-state index in [0.717, 1.165) is 0 Å². The van der Waals surface area contributed by atoms with Crippen molar-refractivity contribution >= 4 is 18.3 Å². The molecule has 0 aliphatic heterocycles. The molecule has 0 aromatic heterocycles. The molecule has 0 atom stereocenters. The number of nitrogens with zero attached hydrogens (tertiary/aromatic N) is 2. The zero-order chi connectivity index (χ0) is 4.83. The molecule has 0 aromatic rings. The average molecular weight is 100.0 g/mol. The molecule has 4 heteroatoms. The van der Waals surface area contributed by atoms with Crippen LogP contribution < -0.4 is 0 Å². The summed E-state index contributed by atoms with van der Waals surface area (Å²) in [5.74, 6) is 0. The molecular formula is C2H5BN2S. The minimum atomic E-state index is 0.715. The molecule has 0 rings (SSSR count). The molecule has 0 aliphatic rings. The van der Waals surface area contributed by atoms with Crippen LogP contribution in [0.4, 0.5) is 0 Å². The topological polar surface area (TPSA) is 24.7 Å². The Bertz CT molecular complexity index is 62.6. The van der Waals surface area contributed by atoms with Gasteiger partial charge in [-0.15, -0.1) is 0 Å². The summed E-state index contributed by atoms with van der Waals surface area (Å²) >= 11 is 4.33. The molecule has 0 fully saturated rings. The fraction of sp³-hybridized carbons (Fsp3) is 1.00. The molecule has 32 valence electrons. The van der Waals surface area contributed by atoms with Gasteiger partial charge in [0.25, 0.3) is 0 Å². The third-order valence-electron chi connectivity index (χ3n) is 0.270. The van der Waals surface area contributed by atoms with Crippen LogP contribution in [0.5, 0.6) is 0 Å². The van der Waals surface area contributed by atoms with E-state index in [4.69, 9.17) is 0 Å². The molecular weight excluding hydrogens is 94.9 g/mol. The van der Waals surface area contributed by atoms with Gasteiger partial charge in [0.05, 0.1) is 0 Å². The van der Waals surface area contributed by atoms with Crippen LogP contribution in [0, 0.1) is 0 Å². The van der Waals surface area contributed by atoms with Crippen LogP contribution in [0.1, 0.15) is 6.92 Å². The molecule has 0 radical (unpaired) electrons. The minimum absolute atomic E-state index is 0.715. The number of rotatable bonds is 2. The SMILES string of the molecule is CCN=NB=S. The fourth-order valence-corrected chi connectivity index (χ4v) is 0.182. The molecule has 0 saturated carbocycles. The van der Waals surface area contributed by atoms with Crippen LogP contribution in [-0.2, 0) is 0 Å². The summed E-state index contributed by atoms with van der Waals surface area (Å²) in [5, 5.41) is 6.96. The van der Waals surface area contributed by atoms with Crippen molar-refractivity contribution in [1.29, 1.82) is 0 Å². The zero-order valence-electron chi connectivity index (χ0n) is 3.59. The summed E-state index contributed by atoms with van der Waals surface area (Å²) in [6.45, 7) is 2.62. The van der Waals surface area contributed by atoms with Gasteiger partial charge in [-0.05, 0) is 0 Å². The predicted molar refractivity (Wildman–Crippen MR) is 28.7 cm³/mol. The second kappa shape index (κ2) is 4.88. The van der Waals surface area contributed by atoms with Crippen molar-refractivity contribution in [3.05, 3.63) is 0 Å². The van der Waals surface area contributed by atoms with Gasteiger partial charge in [0, 0.05) is 0 Å². The average Bonchev–Trinajstić information content (AvgIpc) is 1.61. The molecule has 0 heterocycles. The van der Waals surface area contributed by atoms with Crippen molar-refractivity contribution in [2.75, 3.05) is 6.54 Å². The third kappa shape index (κ3) is 3.88. The predicted octanol–water partition coefficient (Wildman–Crippen LogP) is 1.19. The van der Waals surface area contributed by atoms with Gasteiger partial charge < -0.3 is 0 Å². The van der Waals surface area contributed by atoms with E-state index in [0.29, 0.717) is 6.54 Å². The van der Waals surface area contributed by atoms with E-state index in [1.807, 2.05) is 6.92 Å². The van der Waals surface area contributed by atoms with Crippen molar-refractivity contribution in [1.82, 2.24) is 0 Å². The van der Waals surface area contributed by atoms with Crippen molar-refractivity contribution in [3.8, 4) is 0 Å². The van der Waals surface area contributed by atoms with Gasteiger partial charge in [-0.2, -0.15) is 0 Å². The number of hydrogen-bond donors (Lipinski definition) is 0. The maximum absolute atomic E-state index is 4.33. The zero-order valence-corrected chi connectivity index (χ0v) is 4.40. The first kappa shape index (κ1) is 5.88. The van der Waals surface area contributed by atoms with Gasteiger partial charge in [-0.3, -0.25) is 0 Å². The molecule has 0 aromatic carbocycles. The quantitative estimate of drug-likeness (QED) is 0.377. The van der Waals surface area contributed by atoms with Gasteiger partial charge in [0.1, 0.15) is 0 Å². The van der Waals surface area contributed by atoms with E-state index in [9.17, 15) is 0 Å². The van der Waals surface area contributed by atoms with Gasteiger partial charge in [-0.25, -0.2) is 0 Å². The first-order chi connectivity index (χ1) is 2.91. The first-order valence-corrected chi connectivity index (χ1v) is 2.19. The van der Waals surface area contributed by atoms with Crippen molar-refractivity contribution in [2.24, 2.45) is 10.1 Å². The van der Waals surface area contributed by atoms with Gasteiger partial charge in [0.15, 0.2) is 0 Å². The molecule has 2 nitrogen and oxygen atoms in total. The van der Waals surface area contributed by atoms with Crippen LogP contribution in [-0.4, -0.2) is 12.8 Å². The Kier molecular flexibility index (Phi) is 4.79. The van der Waals surface area contributed by atoms with Crippen molar-refractivity contribution < 1.29 is 0 Å². The Morgan fingerprint density at radius 3 is 2.67 bits per heavy atom. The van der Waals surface area contributed by atoms with E-state index < -0.39 is 0 Å². The van der Waals surface area contributed by atoms with E-state index in [2.05, 4.69) is 22.2 Å². The van der Waals surface area contributed by atoms with E-state index in [1.165, 1.54) is 6.29 Å². The summed E-state index contributed by atoms with van der Waals surface area (Å²) < 4.78 is 0. The van der Waals surface area contributed by atoms with Crippen LogP contribution >= 0.6 is 12.1 Å². The summed E-state index contributed by atoms with van der Waals surface area (Å²) in [5.41, 5.74) is 0. The summed E-state index contributed by atoms with van der Waals surface area (Å²) in [4.78, 5) is 0. The van der Waals surface area contributed by atoms with E-state index >= 15 is 0 Å². The van der Waals surface area contributed by atoms with Crippen molar-refractivity contribution in [3.63, 3.8) is 0 Å². The van der Waals surface area contributed by atoms with Gasteiger partial charge >= 0.3 is 42.0 Å². The van der Waals surface area contributed by atoms with Gasteiger partial charge in [0.2, 0.25) is 0 Å². The summed E-state index contributed by atoms with van der Waals surface area (Å²) in [6, 6.07) is 0. The third-order valence-corrected chi connectivity index (χ3v) is 0.364. The molecule has 0 spiro atoms. The van der Waals surface area contributed by atoms with Gasteiger partial charge in [-0.1, -0.05) is 0 Å². The van der Waals surface area contributed by atoms with E-state index in [-0.39, 0.29) is 0 Å². The molecule has 0 saturated heterocycles. The Labute approximate surface area is 42.8 Å². The Morgan fingerprint density at radius 2 is 2.50 bits per heavy atom. The summed E-state index contributed by atoms with van der Waals surface area (Å²) in [6.07, 6.45) is 1.25. The second-order valence-corrected chi connectivity index (χ2v) is 0.889. The molecule has 0 N–H and O–H groups in total. The van der Waals surface area contributed by atoms with Crippen LogP contribution in [0.15, 0.2) is 10.1 Å². The summed E-state index contributed by atoms with van der Waals surface area (Å²) in [7, 11) is 0. The van der Waals surface area contributed by atoms with Crippen LogP contribution in [0.2, 0.25) is 0 Å². The standard InChI is InChI=1S/C2H5BN2S/c1-2-4-5-3-6/h2H2,1H3. The van der Waals surface area contributed by atoms with Crippen LogP contribution in [0.3, 0.4) is 0 Å². The molecule has 0 unspecified atom stereocenters. The molecule has 0 aliphatic carbocycles. The molecule has 0 amide bonds. The molecule has 6 heavy (non-hydrogen) atoms. The Balaban J connectivity index is 2.94. The number of hydrogen-bond acceptors (Lipinski definition) is 2. The Hall–Kier alpha value is -0.115. The first-order valence-electron chi connectivity index (χ1n) is 1.72. The monoisotopic (exact) mass is 100 g/mol. The van der Waals surface area contributed by atoms with Crippen molar-refractivity contribution in [2.45, 2.75) is 6.92 Å². The Morgan fingerprint density at radius 1 is 1.83 bits per heavy atom. The van der Waals surface area contributed by atoms with Crippen LogP contribution in [0.25, 0.3) is 0 Å². The van der Waals surface area contributed by atoms with E-state index in [1.54, 1.807) is 0 Å².